The van der Waals surface area contributed by atoms with Crippen molar-refractivity contribution in [3.63, 3.8) is 0 Å². The number of aromatic nitrogens is 1. The van der Waals surface area contributed by atoms with Crippen molar-refractivity contribution in [2.75, 3.05) is 0 Å². The van der Waals surface area contributed by atoms with Crippen molar-refractivity contribution in [3.8, 4) is 0 Å². The minimum atomic E-state index is -0.184. The van der Waals surface area contributed by atoms with E-state index in [0.717, 1.165) is 9.99 Å². The zero-order valence-electron chi connectivity index (χ0n) is 5.25. The van der Waals surface area contributed by atoms with Crippen LogP contribution in [0.5, 0.6) is 0 Å². The quantitative estimate of drug-likeness (QED) is 0.554. The Hall–Kier alpha value is -0.450. The van der Waals surface area contributed by atoms with Gasteiger partial charge in [-0.05, 0) is 11.6 Å². The summed E-state index contributed by atoms with van der Waals surface area (Å²) in [5.41, 5.74) is 0.936. The van der Waals surface area contributed by atoms with Crippen LogP contribution in [0.25, 0.3) is 0 Å². The Morgan fingerprint density at radius 2 is 2.20 bits per heavy atom. The lowest BCUT2D eigenvalue weighted by Crippen LogP contribution is -1.95. The zero-order chi connectivity index (χ0) is 7.40. The fourth-order valence-electron chi connectivity index (χ4n) is 0.572. The van der Waals surface area contributed by atoms with Crippen LogP contribution in [0.1, 0.15) is 5.56 Å². The molecule has 0 aliphatic carbocycles. The topological polar surface area (TPSA) is 30.0 Å². The molecule has 0 unspecified atom stereocenters. The smallest absolute Gasteiger partial charge is 0.267 e. The van der Waals surface area contributed by atoms with E-state index in [1.807, 2.05) is 6.07 Å². The van der Waals surface area contributed by atoms with Crippen molar-refractivity contribution in [1.82, 2.24) is 4.98 Å². The molecule has 1 heterocycles. The third kappa shape index (κ3) is 2.06. The fraction of sp³-hybridized carbons (Fsp3) is 0.143. The molecule has 0 aromatic carbocycles. The first-order valence-electron chi connectivity index (χ1n) is 2.84. The van der Waals surface area contributed by atoms with Gasteiger partial charge in [0, 0.05) is 16.7 Å². The molecule has 0 fully saturated rings. The van der Waals surface area contributed by atoms with E-state index in [2.05, 4.69) is 27.6 Å². The Bertz CT molecular complexity index is 274. The molecule has 3 heteroatoms. The van der Waals surface area contributed by atoms with Crippen LogP contribution in [0, 0.1) is 0 Å². The first-order chi connectivity index (χ1) is 4.83. The van der Waals surface area contributed by atoms with E-state index >= 15 is 0 Å². The molecule has 0 bridgehead atoms. The van der Waals surface area contributed by atoms with E-state index in [4.69, 9.17) is 0 Å². The van der Waals surface area contributed by atoms with Crippen molar-refractivity contribution in [2.45, 2.75) is 4.43 Å². The maximum atomic E-state index is 10.6. The van der Waals surface area contributed by atoms with Gasteiger partial charge in [0.15, 0.2) is 0 Å². The number of hydrogen-bond acceptors (Lipinski definition) is 2. The van der Waals surface area contributed by atoms with E-state index in [1.165, 1.54) is 12.3 Å². The molecule has 0 amide bonds. The molecule has 52 valence electrons. The summed E-state index contributed by atoms with van der Waals surface area (Å²) in [6, 6.07) is 5.11. The van der Waals surface area contributed by atoms with Crippen molar-refractivity contribution < 1.29 is 0 Å². The molecule has 0 saturated carbocycles. The van der Waals surface area contributed by atoms with E-state index in [0.29, 0.717) is 0 Å². The highest BCUT2D eigenvalue weighted by Gasteiger charge is 1.84. The third-order valence-corrected chi connectivity index (χ3v) is 1.97. The van der Waals surface area contributed by atoms with Crippen LogP contribution in [0.2, 0.25) is 0 Å². The van der Waals surface area contributed by atoms with Gasteiger partial charge in [-0.2, -0.15) is 0 Å². The van der Waals surface area contributed by atoms with E-state index in [-0.39, 0.29) is 5.56 Å². The van der Waals surface area contributed by atoms with Gasteiger partial charge in [-0.25, -0.2) is 4.98 Å². The van der Waals surface area contributed by atoms with Crippen molar-refractivity contribution in [1.29, 1.82) is 0 Å². The highest BCUT2D eigenvalue weighted by Crippen LogP contribution is 2.00. The number of nitrogens with zero attached hydrogens (tertiary/aromatic N) is 1. The van der Waals surface area contributed by atoms with Crippen LogP contribution in [0.4, 0.5) is 0 Å². The van der Waals surface area contributed by atoms with Crippen LogP contribution < -0.4 is 5.56 Å². The monoisotopic (exact) mass is 247 g/mol. The Labute approximate surface area is 72.4 Å². The maximum absolute atomic E-state index is 10.6. The molecule has 0 aliphatic heterocycles. The molecule has 10 heavy (non-hydrogen) atoms. The minimum absolute atomic E-state index is 0.184. The van der Waals surface area contributed by atoms with Crippen LogP contribution in [-0.2, 0) is 4.43 Å². The number of alkyl halides is 1. The largest absolute Gasteiger partial charge is 0.269 e. The average Bonchev–Trinajstić information content (AvgIpc) is 2.14. The van der Waals surface area contributed by atoms with Crippen molar-refractivity contribution >= 4 is 22.6 Å². The molecule has 0 atom stereocenters. The van der Waals surface area contributed by atoms with Gasteiger partial charge in [-0.15, -0.1) is 0 Å². The minimum Gasteiger partial charge on any atom is -0.267 e. The summed E-state index contributed by atoms with van der Waals surface area (Å²) in [6.07, 6.45) is 1.54. The van der Waals surface area contributed by atoms with Gasteiger partial charge in [-0.3, -0.25) is 4.79 Å². The second-order valence-electron chi connectivity index (χ2n) is 1.82. The third-order valence-electron chi connectivity index (χ3n) is 1.08. The van der Waals surface area contributed by atoms with Gasteiger partial charge < -0.3 is 0 Å². The highest BCUT2D eigenvalue weighted by atomic mass is 127. The molecule has 1 rings (SSSR count). The maximum Gasteiger partial charge on any atom is 0.269 e. The SMILES string of the molecule is O=c1ccc(CI)ccn1. The fourth-order valence-corrected chi connectivity index (χ4v) is 1.08. The van der Waals surface area contributed by atoms with Gasteiger partial charge in [0.25, 0.3) is 5.56 Å². The second-order valence-corrected chi connectivity index (χ2v) is 2.59. The van der Waals surface area contributed by atoms with Crippen LogP contribution >= 0.6 is 22.6 Å². The van der Waals surface area contributed by atoms with Crippen LogP contribution in [0.15, 0.2) is 29.2 Å². The van der Waals surface area contributed by atoms with Gasteiger partial charge in [0.05, 0.1) is 0 Å². The Morgan fingerprint density at radius 1 is 1.40 bits per heavy atom. The Kier molecular flexibility index (Phi) is 2.80. The van der Waals surface area contributed by atoms with Gasteiger partial charge in [0.2, 0.25) is 0 Å². The second kappa shape index (κ2) is 3.65. The van der Waals surface area contributed by atoms with Crippen LogP contribution in [-0.4, -0.2) is 4.98 Å². The summed E-state index contributed by atoms with van der Waals surface area (Å²) in [5, 5.41) is 0. The molecule has 2 nitrogen and oxygen atoms in total. The molecular formula is C7H6INO. The number of halogens is 1. The summed E-state index contributed by atoms with van der Waals surface area (Å²) in [5.74, 6) is 0. The molecule has 0 spiro atoms. The molecule has 0 saturated heterocycles. The predicted octanol–water partition coefficient (Wildman–Crippen LogP) is 1.38. The number of hydrogen-bond donors (Lipinski definition) is 0. The first-order valence-corrected chi connectivity index (χ1v) is 4.37. The van der Waals surface area contributed by atoms with Gasteiger partial charge in [0.1, 0.15) is 0 Å². The molecule has 0 radical (unpaired) electrons. The van der Waals surface area contributed by atoms with E-state index < -0.39 is 0 Å². The van der Waals surface area contributed by atoms with Gasteiger partial charge in [-0.1, -0.05) is 28.7 Å². The normalized spacial score (nSPS) is 9.30. The summed E-state index contributed by atoms with van der Waals surface area (Å²) < 4.78 is 0.910. The van der Waals surface area contributed by atoms with Crippen LogP contribution in [0.3, 0.4) is 0 Å². The molecule has 1 aromatic heterocycles. The predicted molar refractivity (Wildman–Crippen MR) is 48.2 cm³/mol. The van der Waals surface area contributed by atoms with Gasteiger partial charge >= 0.3 is 0 Å². The van der Waals surface area contributed by atoms with E-state index in [1.54, 1.807) is 6.07 Å². The molecule has 0 N–H and O–H groups in total. The molecular weight excluding hydrogens is 241 g/mol. The first kappa shape index (κ1) is 7.65. The molecule has 1 aromatic rings. The van der Waals surface area contributed by atoms with E-state index in [9.17, 15) is 4.79 Å². The van der Waals surface area contributed by atoms with Crippen molar-refractivity contribution in [2.24, 2.45) is 0 Å². The lowest BCUT2D eigenvalue weighted by Gasteiger charge is -1.82. The highest BCUT2D eigenvalue weighted by molar-refractivity contribution is 14.1. The van der Waals surface area contributed by atoms with Crippen molar-refractivity contribution in [3.05, 3.63) is 40.3 Å². The molecule has 0 aliphatic rings. The lowest BCUT2D eigenvalue weighted by atomic mass is 10.3. The summed E-state index contributed by atoms with van der Waals surface area (Å²) >= 11 is 2.24. The Morgan fingerprint density at radius 3 is 2.90 bits per heavy atom. The Balaban J connectivity index is 3.16. The summed E-state index contributed by atoms with van der Waals surface area (Å²) in [6.45, 7) is 0. The summed E-state index contributed by atoms with van der Waals surface area (Å²) in [7, 11) is 0. The lowest BCUT2D eigenvalue weighted by molar-refractivity contribution is 1.27. The average molecular weight is 247 g/mol. The number of rotatable bonds is 1. The summed E-state index contributed by atoms with van der Waals surface area (Å²) in [4.78, 5) is 14.2. The zero-order valence-corrected chi connectivity index (χ0v) is 7.41. The standard InChI is InChI=1S/C7H6INO/c8-5-6-1-2-7(10)9-4-3-6/h1-4H,5H2.